The van der Waals surface area contributed by atoms with Crippen molar-refractivity contribution >= 4 is 5.78 Å². The molecule has 2 N–H and O–H groups in total. The van der Waals surface area contributed by atoms with Gasteiger partial charge in [-0.15, -0.1) is 0 Å². The molecule has 0 bridgehead atoms. The smallest absolute Gasteiger partial charge is 0.139 e. The Bertz CT molecular complexity index is 525. The number of hydrogen-bond acceptors (Lipinski definition) is 3. The Balaban J connectivity index is 1.72. The third kappa shape index (κ3) is 1.78. The predicted molar refractivity (Wildman–Crippen MR) is 84.1 cm³/mol. The number of hydrogen-bond donors (Lipinski definition) is 2. The fourth-order valence-electron chi connectivity index (χ4n) is 6.50. The van der Waals surface area contributed by atoms with E-state index >= 15 is 0 Å². The molecule has 3 heteroatoms. The second-order valence-electron chi connectivity index (χ2n) is 8.47. The Hall–Kier alpha value is -0.670. The van der Waals surface area contributed by atoms with Gasteiger partial charge in [0.05, 0.1) is 12.7 Å². The highest BCUT2D eigenvalue weighted by molar-refractivity contribution is 5.87. The average Bonchev–Trinajstić information content (AvgIpc) is 2.82. The van der Waals surface area contributed by atoms with E-state index in [-0.39, 0.29) is 23.5 Å². The highest BCUT2D eigenvalue weighted by Crippen LogP contribution is 2.63. The van der Waals surface area contributed by atoms with Gasteiger partial charge >= 0.3 is 0 Å². The number of aliphatic hydroxyl groups excluding tert-OH is 2. The van der Waals surface area contributed by atoms with E-state index in [1.165, 1.54) is 5.57 Å². The number of Topliss-reactive ketones (excluding diaryl/α,β-unsaturated/α-hetero) is 1. The van der Waals surface area contributed by atoms with Crippen LogP contribution in [-0.4, -0.2) is 28.7 Å². The Morgan fingerprint density at radius 2 is 2.05 bits per heavy atom. The van der Waals surface area contributed by atoms with E-state index in [4.69, 9.17) is 0 Å². The topological polar surface area (TPSA) is 57.5 Å². The molecule has 6 atom stereocenters. The highest BCUT2D eigenvalue weighted by Gasteiger charge is 2.59. The first kappa shape index (κ1) is 14.9. The Labute approximate surface area is 132 Å². The van der Waals surface area contributed by atoms with Crippen LogP contribution in [-0.2, 0) is 4.79 Å². The van der Waals surface area contributed by atoms with Crippen molar-refractivity contribution < 1.29 is 15.0 Å². The van der Waals surface area contributed by atoms with E-state index in [1.54, 1.807) is 0 Å². The maximum atomic E-state index is 12.4. The quantitative estimate of drug-likeness (QED) is 0.732. The summed E-state index contributed by atoms with van der Waals surface area (Å²) in [6.45, 7) is 2.41. The molecule has 122 valence electrons. The van der Waals surface area contributed by atoms with Crippen molar-refractivity contribution in [1.82, 2.24) is 0 Å². The molecule has 3 saturated carbocycles. The molecule has 3 fully saturated rings. The molecule has 3 nitrogen and oxygen atoms in total. The molecule has 0 aromatic rings. The van der Waals surface area contributed by atoms with Crippen LogP contribution in [0.5, 0.6) is 0 Å². The van der Waals surface area contributed by atoms with E-state index in [0.29, 0.717) is 23.5 Å². The summed E-state index contributed by atoms with van der Waals surface area (Å²) < 4.78 is 0. The predicted octanol–water partition coefficient (Wildman–Crippen LogP) is 2.85. The second kappa shape index (κ2) is 4.91. The van der Waals surface area contributed by atoms with Gasteiger partial charge in [-0.2, -0.15) is 0 Å². The molecule has 22 heavy (non-hydrogen) atoms. The van der Waals surface area contributed by atoms with Crippen LogP contribution in [0.2, 0.25) is 0 Å². The average molecular weight is 304 g/mol. The SMILES string of the molecule is C[C@]12CC[C@H]3[C@@H](CC=C4C[C@@H](O)CC[C@@]43CO)[C@@H]1CCC2=O. The second-order valence-corrected chi connectivity index (χ2v) is 8.47. The summed E-state index contributed by atoms with van der Waals surface area (Å²) in [4.78, 5) is 12.4. The summed E-state index contributed by atoms with van der Waals surface area (Å²) in [5.74, 6) is 2.04. The van der Waals surface area contributed by atoms with Crippen molar-refractivity contribution in [1.29, 1.82) is 0 Å². The minimum absolute atomic E-state index is 0.0999. The highest BCUT2D eigenvalue weighted by atomic mass is 16.3. The molecule has 0 unspecified atom stereocenters. The lowest BCUT2D eigenvalue weighted by Crippen LogP contribution is -2.53. The van der Waals surface area contributed by atoms with E-state index in [0.717, 1.165) is 51.4 Å². The molecule has 0 aliphatic heterocycles. The minimum atomic E-state index is -0.232. The van der Waals surface area contributed by atoms with Crippen LogP contribution < -0.4 is 0 Å². The molecule has 4 rings (SSSR count). The Morgan fingerprint density at radius 1 is 1.23 bits per heavy atom. The first-order chi connectivity index (χ1) is 10.5. The van der Waals surface area contributed by atoms with E-state index in [2.05, 4.69) is 13.0 Å². The Morgan fingerprint density at radius 3 is 2.82 bits per heavy atom. The number of fused-ring (bicyclic) bond motifs is 5. The van der Waals surface area contributed by atoms with Gasteiger partial charge in [0.15, 0.2) is 0 Å². The standard InChI is InChI=1S/C19H28O3/c1-18-8-7-16-14(15(18)4-5-17(18)22)3-2-12-10-13(21)6-9-19(12,16)11-20/h2,13-16,20-21H,3-11H2,1H3/t13-,14-,15-,16-,18-,19+/m0/s1. The zero-order valence-corrected chi connectivity index (χ0v) is 13.6. The molecule has 0 radical (unpaired) electrons. The number of aliphatic hydroxyl groups is 2. The van der Waals surface area contributed by atoms with Crippen molar-refractivity contribution in [2.45, 2.75) is 64.4 Å². The van der Waals surface area contributed by atoms with Gasteiger partial charge in [-0.1, -0.05) is 18.6 Å². The summed E-state index contributed by atoms with van der Waals surface area (Å²) in [7, 11) is 0. The summed E-state index contributed by atoms with van der Waals surface area (Å²) in [5.41, 5.74) is 1.11. The van der Waals surface area contributed by atoms with Crippen LogP contribution in [0.3, 0.4) is 0 Å². The van der Waals surface area contributed by atoms with Gasteiger partial charge in [0, 0.05) is 17.3 Å². The molecular weight excluding hydrogens is 276 g/mol. The maximum Gasteiger partial charge on any atom is 0.139 e. The summed E-state index contributed by atoms with van der Waals surface area (Å²) in [6, 6.07) is 0. The third-order valence-corrected chi connectivity index (χ3v) is 7.79. The fraction of sp³-hybridized carbons (Fsp3) is 0.842. The van der Waals surface area contributed by atoms with Crippen molar-refractivity contribution in [2.24, 2.45) is 28.6 Å². The van der Waals surface area contributed by atoms with Gasteiger partial charge in [-0.25, -0.2) is 0 Å². The molecule has 0 aromatic carbocycles. The number of carbonyl (C=O) groups excluding carboxylic acids is 1. The number of allylic oxidation sites excluding steroid dienone is 1. The molecule has 0 spiro atoms. The minimum Gasteiger partial charge on any atom is -0.395 e. The summed E-state index contributed by atoms with van der Waals surface area (Å²) in [6.07, 6.45) is 9.45. The van der Waals surface area contributed by atoms with Crippen molar-refractivity contribution in [3.63, 3.8) is 0 Å². The monoisotopic (exact) mass is 304 g/mol. The maximum absolute atomic E-state index is 12.4. The third-order valence-electron chi connectivity index (χ3n) is 7.79. The van der Waals surface area contributed by atoms with Gasteiger partial charge in [0.25, 0.3) is 0 Å². The molecule has 4 aliphatic rings. The fourth-order valence-corrected chi connectivity index (χ4v) is 6.50. The molecule has 4 aliphatic carbocycles. The molecular formula is C19H28O3. The zero-order valence-electron chi connectivity index (χ0n) is 13.6. The normalized spacial score (nSPS) is 50.9. The van der Waals surface area contributed by atoms with Crippen LogP contribution in [0.15, 0.2) is 11.6 Å². The number of carbonyl (C=O) groups is 1. The van der Waals surface area contributed by atoms with Gasteiger partial charge in [-0.05, 0) is 62.7 Å². The van der Waals surface area contributed by atoms with Gasteiger partial charge in [0.1, 0.15) is 5.78 Å². The lowest BCUT2D eigenvalue weighted by molar-refractivity contribution is -0.133. The molecule has 0 aromatic heterocycles. The number of ketones is 1. The zero-order chi connectivity index (χ0) is 15.5. The first-order valence-electron chi connectivity index (χ1n) is 9.03. The summed E-state index contributed by atoms with van der Waals surface area (Å²) >= 11 is 0. The van der Waals surface area contributed by atoms with Crippen LogP contribution in [0.4, 0.5) is 0 Å². The van der Waals surface area contributed by atoms with E-state index < -0.39 is 0 Å². The molecule has 0 saturated heterocycles. The van der Waals surface area contributed by atoms with E-state index in [9.17, 15) is 15.0 Å². The van der Waals surface area contributed by atoms with Gasteiger partial charge < -0.3 is 10.2 Å². The number of rotatable bonds is 1. The van der Waals surface area contributed by atoms with Gasteiger partial charge in [0.2, 0.25) is 0 Å². The van der Waals surface area contributed by atoms with Crippen LogP contribution in [0, 0.1) is 28.6 Å². The lowest BCUT2D eigenvalue weighted by atomic mass is 9.47. The van der Waals surface area contributed by atoms with Crippen molar-refractivity contribution in [2.75, 3.05) is 6.61 Å². The van der Waals surface area contributed by atoms with Crippen molar-refractivity contribution in [3.05, 3.63) is 11.6 Å². The first-order valence-corrected chi connectivity index (χ1v) is 9.03. The van der Waals surface area contributed by atoms with Crippen LogP contribution in [0.25, 0.3) is 0 Å². The van der Waals surface area contributed by atoms with Crippen LogP contribution >= 0.6 is 0 Å². The summed E-state index contributed by atoms with van der Waals surface area (Å²) in [5, 5.41) is 20.3. The van der Waals surface area contributed by atoms with Crippen molar-refractivity contribution in [3.8, 4) is 0 Å². The van der Waals surface area contributed by atoms with Gasteiger partial charge in [-0.3, -0.25) is 4.79 Å². The molecule has 0 amide bonds. The lowest BCUT2D eigenvalue weighted by Gasteiger charge is -2.57. The van der Waals surface area contributed by atoms with E-state index in [1.807, 2.05) is 0 Å². The molecule has 0 heterocycles. The largest absolute Gasteiger partial charge is 0.395 e. The Kier molecular flexibility index (Phi) is 3.32. The van der Waals surface area contributed by atoms with Crippen LogP contribution in [0.1, 0.15) is 58.3 Å².